The van der Waals surface area contributed by atoms with Gasteiger partial charge in [-0.2, -0.15) is 0 Å². The zero-order valence-electron chi connectivity index (χ0n) is 19.0. The summed E-state index contributed by atoms with van der Waals surface area (Å²) in [6, 6.07) is 15.4. The zero-order chi connectivity index (χ0) is 23.5. The van der Waals surface area contributed by atoms with E-state index in [-0.39, 0.29) is 30.9 Å². The first-order valence-corrected chi connectivity index (χ1v) is 11.5. The third-order valence-corrected chi connectivity index (χ3v) is 6.79. The maximum atomic E-state index is 12.9. The van der Waals surface area contributed by atoms with Crippen molar-refractivity contribution in [2.75, 3.05) is 19.7 Å². The lowest BCUT2D eigenvalue weighted by molar-refractivity contribution is -0.156. The Morgan fingerprint density at radius 1 is 1.09 bits per heavy atom. The first kappa shape index (κ1) is 22.8. The number of nitrogens with zero attached hydrogens (tertiary/aromatic N) is 1. The Labute approximate surface area is 193 Å². The minimum atomic E-state index is -0.979. The largest absolute Gasteiger partial charge is 0.480 e. The Hall–Kier alpha value is -3.35. The van der Waals surface area contributed by atoms with Gasteiger partial charge in [-0.25, -0.2) is 9.59 Å². The second kappa shape index (κ2) is 9.65. The summed E-state index contributed by atoms with van der Waals surface area (Å²) in [6.45, 7) is 4.27. The van der Waals surface area contributed by atoms with Gasteiger partial charge >= 0.3 is 12.1 Å². The Balaban J connectivity index is 1.33. The van der Waals surface area contributed by atoms with Crippen molar-refractivity contribution in [3.05, 3.63) is 59.7 Å². The van der Waals surface area contributed by atoms with E-state index in [1.54, 1.807) is 6.92 Å². The first-order valence-electron chi connectivity index (χ1n) is 11.5. The van der Waals surface area contributed by atoms with Crippen molar-refractivity contribution in [1.29, 1.82) is 0 Å². The van der Waals surface area contributed by atoms with Crippen molar-refractivity contribution < 1.29 is 24.2 Å². The predicted octanol–water partition coefficient (Wildman–Crippen LogP) is 3.87. The molecule has 4 rings (SSSR count). The van der Waals surface area contributed by atoms with Crippen molar-refractivity contribution in [2.45, 2.75) is 38.6 Å². The van der Waals surface area contributed by atoms with Crippen LogP contribution in [0, 0.1) is 11.8 Å². The van der Waals surface area contributed by atoms with E-state index in [4.69, 9.17) is 4.74 Å². The van der Waals surface area contributed by atoms with Crippen LogP contribution < -0.4 is 5.32 Å². The molecule has 0 radical (unpaired) electrons. The lowest BCUT2D eigenvalue weighted by Crippen LogP contribution is -2.54. The number of carbonyl (C=O) groups is 3. The number of benzene rings is 2. The van der Waals surface area contributed by atoms with Crippen molar-refractivity contribution in [1.82, 2.24) is 10.2 Å². The number of alkyl carbamates (subject to hydrolysis) is 1. The van der Waals surface area contributed by atoms with E-state index < -0.39 is 24.0 Å². The van der Waals surface area contributed by atoms with Gasteiger partial charge in [0.15, 0.2) is 0 Å². The molecule has 0 saturated carbocycles. The Bertz CT molecular complexity index is 1010. The summed E-state index contributed by atoms with van der Waals surface area (Å²) < 4.78 is 5.52. The van der Waals surface area contributed by atoms with Gasteiger partial charge in [0, 0.05) is 19.0 Å². The van der Waals surface area contributed by atoms with Crippen LogP contribution in [0.5, 0.6) is 0 Å². The number of aliphatic carboxylic acids is 1. The molecule has 1 heterocycles. The van der Waals surface area contributed by atoms with Gasteiger partial charge in [-0.05, 0) is 41.0 Å². The maximum absolute atomic E-state index is 12.9. The summed E-state index contributed by atoms with van der Waals surface area (Å²) in [7, 11) is 0. The van der Waals surface area contributed by atoms with Gasteiger partial charge in [0.25, 0.3) is 0 Å². The third-order valence-electron chi connectivity index (χ3n) is 6.79. The first-order chi connectivity index (χ1) is 15.9. The lowest BCUT2D eigenvalue weighted by atomic mass is 9.90. The number of carbonyl (C=O) groups excluding carboxylic acids is 2. The molecule has 7 heteroatoms. The number of amides is 2. The molecule has 1 fully saturated rings. The normalized spacial score (nSPS) is 20.5. The molecule has 174 valence electrons. The number of likely N-dealkylation sites (tertiary alicyclic amines) is 1. The Kier molecular flexibility index (Phi) is 6.67. The molecule has 1 saturated heterocycles. The van der Waals surface area contributed by atoms with Crippen LogP contribution in [0.2, 0.25) is 0 Å². The molecule has 2 aromatic carbocycles. The maximum Gasteiger partial charge on any atom is 0.407 e. The fourth-order valence-corrected chi connectivity index (χ4v) is 5.07. The molecule has 0 spiro atoms. The van der Waals surface area contributed by atoms with Gasteiger partial charge in [0.05, 0.1) is 5.92 Å². The number of rotatable bonds is 6. The second-order valence-corrected chi connectivity index (χ2v) is 9.04. The molecule has 7 nitrogen and oxygen atoms in total. The average molecular weight is 451 g/mol. The fraction of sp³-hybridized carbons (Fsp3) is 0.423. The van der Waals surface area contributed by atoms with Crippen LogP contribution in [0.1, 0.15) is 43.7 Å². The van der Waals surface area contributed by atoms with Crippen LogP contribution in [0.25, 0.3) is 11.1 Å². The van der Waals surface area contributed by atoms with E-state index in [9.17, 15) is 19.5 Å². The average Bonchev–Trinajstić information content (AvgIpc) is 3.14. The molecule has 1 aliphatic heterocycles. The van der Waals surface area contributed by atoms with Gasteiger partial charge in [-0.1, -0.05) is 62.4 Å². The van der Waals surface area contributed by atoms with Crippen molar-refractivity contribution in [3.8, 4) is 11.1 Å². The number of hydrogen-bond donors (Lipinski definition) is 2. The quantitative estimate of drug-likeness (QED) is 0.697. The number of piperidine rings is 1. The fourth-order valence-electron chi connectivity index (χ4n) is 5.07. The summed E-state index contributed by atoms with van der Waals surface area (Å²) in [6.07, 6.45) is 0.981. The molecule has 2 N–H and O–H groups in total. The van der Waals surface area contributed by atoms with E-state index in [0.29, 0.717) is 6.54 Å². The number of fused-ring (bicyclic) bond motifs is 3. The minimum absolute atomic E-state index is 0.0339. The summed E-state index contributed by atoms with van der Waals surface area (Å²) in [5, 5.41) is 12.2. The molecule has 3 unspecified atom stereocenters. The van der Waals surface area contributed by atoms with E-state index in [2.05, 4.69) is 29.6 Å². The van der Waals surface area contributed by atoms with Crippen LogP contribution in [0.3, 0.4) is 0 Å². The summed E-state index contributed by atoms with van der Waals surface area (Å²) in [5.74, 6) is -1.91. The molecular formula is C26H30N2O5. The van der Waals surface area contributed by atoms with E-state index in [1.807, 2.05) is 31.2 Å². The van der Waals surface area contributed by atoms with Gasteiger partial charge < -0.3 is 20.1 Å². The lowest BCUT2D eigenvalue weighted by Gasteiger charge is -2.38. The molecular weight excluding hydrogens is 420 g/mol. The van der Waals surface area contributed by atoms with E-state index in [1.165, 1.54) is 4.90 Å². The van der Waals surface area contributed by atoms with Gasteiger partial charge in [0.1, 0.15) is 12.6 Å². The van der Waals surface area contributed by atoms with E-state index in [0.717, 1.165) is 35.1 Å². The molecule has 3 atom stereocenters. The smallest absolute Gasteiger partial charge is 0.407 e. The summed E-state index contributed by atoms with van der Waals surface area (Å²) >= 11 is 0. The van der Waals surface area contributed by atoms with E-state index >= 15 is 0 Å². The highest BCUT2D eigenvalue weighted by atomic mass is 16.5. The van der Waals surface area contributed by atoms with Gasteiger partial charge in [0.2, 0.25) is 5.91 Å². The number of carboxylic acids is 1. The monoisotopic (exact) mass is 450 g/mol. The van der Waals surface area contributed by atoms with Crippen LogP contribution in [0.15, 0.2) is 48.5 Å². The summed E-state index contributed by atoms with van der Waals surface area (Å²) in [4.78, 5) is 38.4. The van der Waals surface area contributed by atoms with Crippen LogP contribution in [-0.2, 0) is 14.3 Å². The molecule has 0 bridgehead atoms. The zero-order valence-corrected chi connectivity index (χ0v) is 19.0. The highest BCUT2D eigenvalue weighted by molar-refractivity contribution is 5.86. The third kappa shape index (κ3) is 4.58. The van der Waals surface area contributed by atoms with Crippen molar-refractivity contribution in [3.63, 3.8) is 0 Å². The number of carboxylic acid groups (broad SMARTS) is 1. The number of hydrogen-bond acceptors (Lipinski definition) is 4. The molecule has 33 heavy (non-hydrogen) atoms. The van der Waals surface area contributed by atoms with Crippen LogP contribution in [0.4, 0.5) is 4.79 Å². The highest BCUT2D eigenvalue weighted by Gasteiger charge is 2.38. The van der Waals surface area contributed by atoms with Crippen LogP contribution >= 0.6 is 0 Å². The molecule has 2 aliphatic rings. The Morgan fingerprint density at radius 2 is 1.70 bits per heavy atom. The SMILES string of the molecule is CC(CNC(=O)OCC1c2ccccc2-c2ccccc21)C(=O)N1CCCC(C)C1C(=O)O. The predicted molar refractivity (Wildman–Crippen MR) is 124 cm³/mol. The second-order valence-electron chi connectivity index (χ2n) is 9.04. The molecule has 1 aliphatic carbocycles. The minimum Gasteiger partial charge on any atom is -0.480 e. The molecule has 0 aromatic heterocycles. The molecule has 2 aromatic rings. The van der Waals surface area contributed by atoms with Gasteiger partial charge in [-0.15, -0.1) is 0 Å². The summed E-state index contributed by atoms with van der Waals surface area (Å²) in [5.41, 5.74) is 4.58. The Morgan fingerprint density at radius 3 is 2.30 bits per heavy atom. The topological polar surface area (TPSA) is 95.9 Å². The number of nitrogens with one attached hydrogen (secondary N) is 1. The standard InChI is InChI=1S/C26H30N2O5/c1-16-8-7-13-28(23(16)25(30)31)24(29)17(2)14-27-26(32)33-15-22-20-11-5-3-9-18(20)19-10-4-6-12-21(19)22/h3-6,9-12,16-17,22-23H,7-8,13-15H2,1-2H3,(H,27,32)(H,30,31). The van der Waals surface area contributed by atoms with Crippen molar-refractivity contribution >= 4 is 18.0 Å². The highest BCUT2D eigenvalue weighted by Crippen LogP contribution is 2.44. The van der Waals surface area contributed by atoms with Crippen LogP contribution in [-0.4, -0.2) is 53.7 Å². The van der Waals surface area contributed by atoms with Gasteiger partial charge in [-0.3, -0.25) is 4.79 Å². The molecule has 2 amide bonds. The number of ether oxygens (including phenoxy) is 1. The van der Waals surface area contributed by atoms with Crippen molar-refractivity contribution in [2.24, 2.45) is 11.8 Å².